The van der Waals surface area contributed by atoms with Crippen LogP contribution < -0.4 is 14.8 Å². The van der Waals surface area contributed by atoms with Crippen molar-refractivity contribution in [2.45, 2.75) is 24.4 Å². The average molecular weight is 496 g/mol. The molecule has 0 unspecified atom stereocenters. The summed E-state index contributed by atoms with van der Waals surface area (Å²) in [5, 5.41) is 12.4. The molecule has 4 rings (SSSR count). The van der Waals surface area contributed by atoms with Crippen molar-refractivity contribution in [2.24, 2.45) is 0 Å². The fourth-order valence-electron chi connectivity index (χ4n) is 3.06. The zero-order valence-electron chi connectivity index (χ0n) is 17.9. The van der Waals surface area contributed by atoms with E-state index >= 15 is 0 Å². The highest BCUT2D eigenvalue weighted by atomic mass is 35.5. The number of nitrogens with one attached hydrogen (secondary N) is 1. The standard InChI is InChI=1S/C21H20ClF2N5O3S/c1-12(28(2)3)19-26-27-20(29(19)15-7-4-13(22)5-8-15)33-11-18(30)25-14-6-9-16-17(10-14)32-21(23,24)31-16/h4-10,12H,11H2,1-3H3,(H,25,30)/t12-/m1/s1. The van der Waals surface area contributed by atoms with Crippen LogP contribution >= 0.6 is 23.4 Å². The van der Waals surface area contributed by atoms with Gasteiger partial charge < -0.3 is 14.8 Å². The number of carbonyl (C=O) groups excluding carboxylic acids is 1. The Kier molecular flexibility index (Phi) is 6.46. The summed E-state index contributed by atoms with van der Waals surface area (Å²) in [6.45, 7) is 2.00. The molecule has 2 heterocycles. The summed E-state index contributed by atoms with van der Waals surface area (Å²) < 4.78 is 37.0. The van der Waals surface area contributed by atoms with Crippen LogP contribution in [-0.2, 0) is 4.79 Å². The topological polar surface area (TPSA) is 81.5 Å². The Morgan fingerprint density at radius 2 is 1.88 bits per heavy atom. The number of anilines is 1. The minimum atomic E-state index is -3.71. The van der Waals surface area contributed by atoms with Gasteiger partial charge in [-0.2, -0.15) is 0 Å². The van der Waals surface area contributed by atoms with Crippen molar-refractivity contribution in [3.8, 4) is 17.2 Å². The first-order chi connectivity index (χ1) is 15.6. The number of hydrogen-bond acceptors (Lipinski definition) is 7. The van der Waals surface area contributed by atoms with Crippen LogP contribution in [0, 0.1) is 0 Å². The lowest BCUT2D eigenvalue weighted by Gasteiger charge is -2.20. The van der Waals surface area contributed by atoms with E-state index in [1.54, 1.807) is 12.1 Å². The van der Waals surface area contributed by atoms with Gasteiger partial charge in [-0.3, -0.25) is 14.3 Å². The van der Waals surface area contributed by atoms with E-state index in [0.717, 1.165) is 5.69 Å². The van der Waals surface area contributed by atoms with Crippen LogP contribution in [0.15, 0.2) is 47.6 Å². The third kappa shape index (κ3) is 5.21. The highest BCUT2D eigenvalue weighted by Crippen LogP contribution is 2.42. The minimum absolute atomic E-state index is 0.0205. The molecule has 1 atom stereocenters. The van der Waals surface area contributed by atoms with E-state index in [2.05, 4.69) is 25.0 Å². The Hall–Kier alpha value is -2.89. The van der Waals surface area contributed by atoms with Gasteiger partial charge in [0.05, 0.1) is 11.8 Å². The first kappa shape index (κ1) is 23.3. The molecule has 0 aliphatic carbocycles. The molecule has 0 fully saturated rings. The Morgan fingerprint density at radius 3 is 2.58 bits per heavy atom. The first-order valence-corrected chi connectivity index (χ1v) is 11.2. The first-order valence-electron chi connectivity index (χ1n) is 9.83. The fraction of sp³-hybridized carbons (Fsp3) is 0.286. The van der Waals surface area contributed by atoms with Crippen molar-refractivity contribution in [1.29, 1.82) is 0 Å². The quantitative estimate of drug-likeness (QED) is 0.480. The van der Waals surface area contributed by atoms with Gasteiger partial charge in [-0.15, -0.1) is 19.0 Å². The molecule has 12 heteroatoms. The van der Waals surface area contributed by atoms with E-state index in [1.165, 1.54) is 30.0 Å². The maximum atomic E-state index is 13.2. The van der Waals surface area contributed by atoms with E-state index in [-0.39, 0.29) is 29.2 Å². The van der Waals surface area contributed by atoms with Gasteiger partial charge in [-0.1, -0.05) is 23.4 Å². The van der Waals surface area contributed by atoms with Gasteiger partial charge in [0.15, 0.2) is 22.5 Å². The Bertz CT molecular complexity index is 1170. The second kappa shape index (κ2) is 9.16. The summed E-state index contributed by atoms with van der Waals surface area (Å²) in [7, 11) is 3.88. The van der Waals surface area contributed by atoms with Gasteiger partial charge in [0.25, 0.3) is 0 Å². The second-order valence-corrected chi connectivity index (χ2v) is 8.84. The molecular formula is C21H20ClF2N5O3S. The molecule has 0 bridgehead atoms. The van der Waals surface area contributed by atoms with Crippen molar-refractivity contribution < 1.29 is 23.0 Å². The predicted molar refractivity (Wildman–Crippen MR) is 120 cm³/mol. The van der Waals surface area contributed by atoms with Gasteiger partial charge in [0, 0.05) is 22.5 Å². The lowest BCUT2D eigenvalue weighted by molar-refractivity contribution is -0.286. The van der Waals surface area contributed by atoms with Crippen LogP contribution in [0.25, 0.3) is 5.69 Å². The third-order valence-electron chi connectivity index (χ3n) is 4.91. The van der Waals surface area contributed by atoms with Crippen molar-refractivity contribution in [2.75, 3.05) is 25.2 Å². The van der Waals surface area contributed by atoms with Crippen molar-refractivity contribution >= 4 is 35.0 Å². The number of alkyl halides is 2. The number of carbonyl (C=O) groups is 1. The molecule has 0 saturated carbocycles. The number of hydrogen-bond donors (Lipinski definition) is 1. The van der Waals surface area contributed by atoms with Gasteiger partial charge in [0.2, 0.25) is 5.91 Å². The average Bonchev–Trinajstić information content (AvgIpc) is 3.31. The SMILES string of the molecule is C[C@H](c1nnc(SCC(=O)Nc2ccc3c(c2)OC(F)(F)O3)n1-c1ccc(Cl)cc1)N(C)C. The fourth-order valence-corrected chi connectivity index (χ4v) is 3.95. The van der Waals surface area contributed by atoms with E-state index in [1.807, 2.05) is 42.6 Å². The molecule has 1 aliphatic heterocycles. The lowest BCUT2D eigenvalue weighted by Crippen LogP contribution is -2.25. The Labute approximate surface area is 197 Å². The van der Waals surface area contributed by atoms with E-state index in [0.29, 0.717) is 21.7 Å². The molecule has 8 nitrogen and oxygen atoms in total. The molecule has 1 aromatic heterocycles. The number of amides is 1. The van der Waals surface area contributed by atoms with Gasteiger partial charge in [-0.25, -0.2) is 0 Å². The van der Waals surface area contributed by atoms with Crippen molar-refractivity contribution in [3.05, 3.63) is 53.3 Å². The normalized spacial score (nSPS) is 15.0. The van der Waals surface area contributed by atoms with E-state index in [9.17, 15) is 13.6 Å². The smallest absolute Gasteiger partial charge is 0.395 e. The molecule has 1 N–H and O–H groups in total. The third-order valence-corrected chi connectivity index (χ3v) is 6.09. The number of ether oxygens (including phenoxy) is 2. The molecule has 0 radical (unpaired) electrons. The highest BCUT2D eigenvalue weighted by Gasteiger charge is 2.43. The van der Waals surface area contributed by atoms with Gasteiger partial charge >= 0.3 is 6.29 Å². The van der Waals surface area contributed by atoms with Crippen molar-refractivity contribution in [1.82, 2.24) is 19.7 Å². The molecule has 1 aliphatic rings. The van der Waals surface area contributed by atoms with Gasteiger partial charge in [-0.05, 0) is 57.4 Å². The maximum Gasteiger partial charge on any atom is 0.586 e. The van der Waals surface area contributed by atoms with Crippen LogP contribution in [0.3, 0.4) is 0 Å². The Balaban J connectivity index is 1.49. The number of thioether (sulfide) groups is 1. The minimum Gasteiger partial charge on any atom is -0.395 e. The summed E-state index contributed by atoms with van der Waals surface area (Å²) in [6, 6.07) is 11.3. The summed E-state index contributed by atoms with van der Waals surface area (Å²) in [4.78, 5) is 14.5. The van der Waals surface area contributed by atoms with Crippen LogP contribution in [0.5, 0.6) is 11.5 Å². The largest absolute Gasteiger partial charge is 0.586 e. The summed E-state index contributed by atoms with van der Waals surface area (Å²) >= 11 is 7.23. The predicted octanol–water partition coefficient (Wildman–Crippen LogP) is 4.60. The number of rotatable bonds is 7. The second-order valence-electron chi connectivity index (χ2n) is 7.46. The van der Waals surface area contributed by atoms with Crippen LogP contribution in [-0.4, -0.2) is 51.7 Å². The van der Waals surface area contributed by atoms with E-state index in [4.69, 9.17) is 11.6 Å². The lowest BCUT2D eigenvalue weighted by atomic mass is 10.2. The molecule has 0 spiro atoms. The zero-order chi connectivity index (χ0) is 23.8. The van der Waals surface area contributed by atoms with Gasteiger partial charge in [0.1, 0.15) is 0 Å². The zero-order valence-corrected chi connectivity index (χ0v) is 19.5. The molecule has 0 saturated heterocycles. The van der Waals surface area contributed by atoms with Crippen LogP contribution in [0.4, 0.5) is 14.5 Å². The highest BCUT2D eigenvalue weighted by molar-refractivity contribution is 7.99. The monoisotopic (exact) mass is 495 g/mol. The van der Waals surface area contributed by atoms with Crippen LogP contribution in [0.1, 0.15) is 18.8 Å². The Morgan fingerprint density at radius 1 is 1.18 bits per heavy atom. The molecule has 3 aromatic rings. The molecular weight excluding hydrogens is 476 g/mol. The molecule has 33 heavy (non-hydrogen) atoms. The summed E-state index contributed by atoms with van der Waals surface area (Å²) in [5.74, 6) is 0.147. The summed E-state index contributed by atoms with van der Waals surface area (Å²) in [5.41, 5.74) is 1.12. The maximum absolute atomic E-state index is 13.2. The number of aromatic nitrogens is 3. The van der Waals surface area contributed by atoms with Crippen LogP contribution in [0.2, 0.25) is 5.02 Å². The number of fused-ring (bicyclic) bond motifs is 1. The van der Waals surface area contributed by atoms with E-state index < -0.39 is 6.29 Å². The molecule has 174 valence electrons. The molecule has 2 aromatic carbocycles. The number of nitrogens with zero attached hydrogens (tertiary/aromatic N) is 4. The number of halogens is 3. The van der Waals surface area contributed by atoms with Crippen molar-refractivity contribution in [3.63, 3.8) is 0 Å². The number of benzene rings is 2. The summed E-state index contributed by atoms with van der Waals surface area (Å²) in [6.07, 6.45) is -3.71. The molecule has 1 amide bonds.